The van der Waals surface area contributed by atoms with Crippen molar-refractivity contribution in [3.8, 4) is 0 Å². The number of hydrogen-bond acceptors (Lipinski definition) is 4. The summed E-state index contributed by atoms with van der Waals surface area (Å²) in [6.45, 7) is 4.60. The van der Waals surface area contributed by atoms with Crippen LogP contribution in [-0.2, 0) is 11.3 Å². The Bertz CT molecular complexity index is 477. The van der Waals surface area contributed by atoms with Crippen LogP contribution in [0.3, 0.4) is 0 Å². The molecule has 0 radical (unpaired) electrons. The smallest absolute Gasteiger partial charge is 0.229 e. The predicted octanol–water partition coefficient (Wildman–Crippen LogP) is 1.30. The van der Waals surface area contributed by atoms with E-state index in [1.807, 2.05) is 17.1 Å². The maximum atomic E-state index is 12.4. The molecule has 2 aliphatic rings. The Morgan fingerprint density at radius 3 is 2.70 bits per heavy atom. The number of hydrogen-bond donors (Lipinski definition) is 1. The zero-order valence-corrected chi connectivity index (χ0v) is 12.4. The molecule has 2 atom stereocenters. The number of rotatable bonds is 3. The molecular weight excluding hydrogens is 270 g/mol. The van der Waals surface area contributed by atoms with Gasteiger partial charge in [-0.2, -0.15) is 11.3 Å². The van der Waals surface area contributed by atoms with Gasteiger partial charge in [-0.25, -0.2) is 0 Å². The van der Waals surface area contributed by atoms with E-state index in [0.29, 0.717) is 0 Å². The molecule has 1 fully saturated rings. The molecule has 0 saturated carbocycles. The standard InChI is InChI=1S/C15H21N3OS/c16-14-2-1-13(9-14)15(19)18-6-4-17(5-7-18)10-12-3-8-20-11-12/h1-3,8,11,13-14H,4-7,9-10,16H2. The number of nitrogens with zero attached hydrogens (tertiary/aromatic N) is 2. The van der Waals surface area contributed by atoms with Gasteiger partial charge >= 0.3 is 0 Å². The van der Waals surface area contributed by atoms with Crippen LogP contribution < -0.4 is 5.73 Å². The third-order valence-corrected chi connectivity index (χ3v) is 4.84. The number of piperazine rings is 1. The van der Waals surface area contributed by atoms with Gasteiger partial charge < -0.3 is 10.6 Å². The van der Waals surface area contributed by atoms with Gasteiger partial charge in [0.15, 0.2) is 0 Å². The Kier molecular flexibility index (Phi) is 4.19. The van der Waals surface area contributed by atoms with Crippen LogP contribution >= 0.6 is 11.3 Å². The van der Waals surface area contributed by atoms with Crippen LogP contribution in [0, 0.1) is 5.92 Å². The molecule has 1 amide bonds. The Balaban J connectivity index is 1.48. The summed E-state index contributed by atoms with van der Waals surface area (Å²) in [7, 11) is 0. The van der Waals surface area contributed by atoms with Crippen LogP contribution in [0.5, 0.6) is 0 Å². The van der Waals surface area contributed by atoms with Crippen LogP contribution in [0.25, 0.3) is 0 Å². The fourth-order valence-corrected chi connectivity index (χ4v) is 3.57. The second-order valence-corrected chi connectivity index (χ2v) is 6.40. The lowest BCUT2D eigenvalue weighted by Gasteiger charge is -2.35. The largest absolute Gasteiger partial charge is 0.340 e. The number of nitrogens with two attached hydrogens (primary N) is 1. The molecule has 4 nitrogen and oxygen atoms in total. The second kappa shape index (κ2) is 6.08. The first-order valence-electron chi connectivity index (χ1n) is 7.18. The fourth-order valence-electron chi connectivity index (χ4n) is 2.91. The summed E-state index contributed by atoms with van der Waals surface area (Å²) in [5.41, 5.74) is 7.20. The average molecular weight is 291 g/mol. The van der Waals surface area contributed by atoms with Gasteiger partial charge in [0, 0.05) is 38.8 Å². The minimum atomic E-state index is 0.00780. The van der Waals surface area contributed by atoms with E-state index in [2.05, 4.69) is 21.7 Å². The lowest BCUT2D eigenvalue weighted by Crippen LogP contribution is -2.49. The highest BCUT2D eigenvalue weighted by Gasteiger charge is 2.29. The van der Waals surface area contributed by atoms with E-state index >= 15 is 0 Å². The van der Waals surface area contributed by atoms with Crippen molar-refractivity contribution in [2.75, 3.05) is 26.2 Å². The normalized spacial score (nSPS) is 27.1. The molecule has 1 aromatic rings. The van der Waals surface area contributed by atoms with Gasteiger partial charge in [0.05, 0.1) is 5.92 Å². The van der Waals surface area contributed by atoms with Crippen molar-refractivity contribution in [2.45, 2.75) is 19.0 Å². The summed E-state index contributed by atoms with van der Waals surface area (Å²) < 4.78 is 0. The van der Waals surface area contributed by atoms with E-state index in [9.17, 15) is 4.79 Å². The summed E-state index contributed by atoms with van der Waals surface area (Å²) >= 11 is 1.74. The van der Waals surface area contributed by atoms with Crippen molar-refractivity contribution < 1.29 is 4.79 Å². The Morgan fingerprint density at radius 2 is 2.10 bits per heavy atom. The molecule has 2 N–H and O–H groups in total. The lowest BCUT2D eigenvalue weighted by atomic mass is 10.1. The Morgan fingerprint density at radius 1 is 1.30 bits per heavy atom. The molecular formula is C15H21N3OS. The maximum Gasteiger partial charge on any atom is 0.229 e. The van der Waals surface area contributed by atoms with E-state index in [4.69, 9.17) is 5.73 Å². The molecule has 1 saturated heterocycles. The predicted molar refractivity (Wildman–Crippen MR) is 81.4 cm³/mol. The summed E-state index contributed by atoms with van der Waals surface area (Å²) in [6.07, 6.45) is 4.70. The van der Waals surface area contributed by atoms with Gasteiger partial charge in [-0.1, -0.05) is 12.2 Å². The van der Waals surface area contributed by atoms with Gasteiger partial charge in [-0.15, -0.1) is 0 Å². The fraction of sp³-hybridized carbons (Fsp3) is 0.533. The zero-order valence-electron chi connectivity index (χ0n) is 11.6. The molecule has 20 heavy (non-hydrogen) atoms. The quantitative estimate of drug-likeness (QED) is 0.854. The van der Waals surface area contributed by atoms with Gasteiger partial charge in [-0.3, -0.25) is 9.69 Å². The first-order valence-corrected chi connectivity index (χ1v) is 8.13. The molecule has 1 aromatic heterocycles. The van der Waals surface area contributed by atoms with Crippen LogP contribution in [-0.4, -0.2) is 47.9 Å². The molecule has 0 aromatic carbocycles. The van der Waals surface area contributed by atoms with Crippen LogP contribution in [0.4, 0.5) is 0 Å². The van der Waals surface area contributed by atoms with Crippen molar-refractivity contribution in [2.24, 2.45) is 11.7 Å². The van der Waals surface area contributed by atoms with E-state index in [1.165, 1.54) is 5.56 Å². The molecule has 1 aliphatic carbocycles. The Labute approximate surface area is 123 Å². The van der Waals surface area contributed by atoms with Gasteiger partial charge in [0.2, 0.25) is 5.91 Å². The molecule has 3 rings (SSSR count). The van der Waals surface area contributed by atoms with Crippen molar-refractivity contribution in [1.29, 1.82) is 0 Å². The second-order valence-electron chi connectivity index (χ2n) is 5.62. The zero-order chi connectivity index (χ0) is 13.9. The summed E-state index contributed by atoms with van der Waals surface area (Å²) in [4.78, 5) is 16.8. The maximum absolute atomic E-state index is 12.4. The van der Waals surface area contributed by atoms with Crippen molar-refractivity contribution in [3.05, 3.63) is 34.5 Å². The molecule has 108 valence electrons. The minimum absolute atomic E-state index is 0.00780. The molecule has 1 aliphatic heterocycles. The molecule has 5 heteroatoms. The van der Waals surface area contributed by atoms with E-state index in [0.717, 1.165) is 39.1 Å². The van der Waals surface area contributed by atoms with E-state index < -0.39 is 0 Å². The highest BCUT2D eigenvalue weighted by molar-refractivity contribution is 7.07. The summed E-state index contributed by atoms with van der Waals surface area (Å²) in [5.74, 6) is 0.262. The van der Waals surface area contributed by atoms with E-state index in [-0.39, 0.29) is 17.9 Å². The molecule has 0 spiro atoms. The number of carbonyl (C=O) groups excluding carboxylic acids is 1. The number of carbonyl (C=O) groups is 1. The van der Waals surface area contributed by atoms with Crippen molar-refractivity contribution in [3.63, 3.8) is 0 Å². The Hall–Kier alpha value is -1.17. The lowest BCUT2D eigenvalue weighted by molar-refractivity contribution is -0.135. The topological polar surface area (TPSA) is 49.6 Å². The minimum Gasteiger partial charge on any atom is -0.340 e. The third-order valence-electron chi connectivity index (χ3n) is 4.10. The van der Waals surface area contributed by atoms with Gasteiger partial charge in [0.1, 0.15) is 0 Å². The van der Waals surface area contributed by atoms with Gasteiger partial charge in [-0.05, 0) is 28.8 Å². The van der Waals surface area contributed by atoms with Gasteiger partial charge in [0.25, 0.3) is 0 Å². The average Bonchev–Trinajstić information content (AvgIpc) is 3.10. The highest BCUT2D eigenvalue weighted by atomic mass is 32.1. The summed E-state index contributed by atoms with van der Waals surface area (Å²) in [6, 6.07) is 2.23. The van der Waals surface area contributed by atoms with E-state index in [1.54, 1.807) is 11.3 Å². The van der Waals surface area contributed by atoms with Crippen LogP contribution in [0.1, 0.15) is 12.0 Å². The number of amides is 1. The molecule has 0 bridgehead atoms. The molecule has 2 unspecified atom stereocenters. The number of thiophene rings is 1. The van der Waals surface area contributed by atoms with Crippen LogP contribution in [0.2, 0.25) is 0 Å². The van der Waals surface area contributed by atoms with Crippen molar-refractivity contribution in [1.82, 2.24) is 9.80 Å². The third kappa shape index (κ3) is 3.11. The van der Waals surface area contributed by atoms with Crippen LogP contribution in [0.15, 0.2) is 29.0 Å². The first-order chi connectivity index (χ1) is 9.72. The first kappa shape index (κ1) is 13.8. The highest BCUT2D eigenvalue weighted by Crippen LogP contribution is 2.20. The monoisotopic (exact) mass is 291 g/mol. The molecule has 2 heterocycles. The SMILES string of the molecule is NC1C=CC(C(=O)N2CCN(Cc3ccsc3)CC2)C1. The summed E-state index contributed by atoms with van der Waals surface area (Å²) in [5, 5.41) is 4.31. The van der Waals surface area contributed by atoms with Crippen molar-refractivity contribution >= 4 is 17.2 Å².